The Hall–Kier alpha value is -7.40. The third kappa shape index (κ3) is 9.00. The van der Waals surface area contributed by atoms with Crippen molar-refractivity contribution in [2.24, 2.45) is 4.52 Å². The zero-order valence-corrected chi connectivity index (χ0v) is 33.2. The molecule has 24 heteroatoms. The number of nitro benzene ring substituents is 3. The number of hydrogen-bond acceptors (Lipinski definition) is 18. The number of rotatable bonds is 15. The second-order valence-corrected chi connectivity index (χ2v) is 18.1. The summed E-state index contributed by atoms with van der Waals surface area (Å²) in [5.74, 6) is 0.271. The molecule has 0 radical (unpaired) electrons. The molecule has 0 amide bonds. The van der Waals surface area contributed by atoms with Crippen molar-refractivity contribution in [2.45, 2.75) is 0 Å². The number of anilines is 3. The predicted octanol–water partition coefficient (Wildman–Crippen LogP) is 9.78. The molecule has 6 aromatic rings. The Kier molecular flexibility index (Phi) is 11.4. The molecule has 6 aromatic carbocycles. The van der Waals surface area contributed by atoms with E-state index in [0.717, 1.165) is 41.0 Å². The van der Waals surface area contributed by atoms with Crippen LogP contribution in [0.5, 0.6) is 34.5 Å². The van der Waals surface area contributed by atoms with Gasteiger partial charge in [0.05, 0.1) is 0 Å². The van der Waals surface area contributed by atoms with Crippen LogP contribution in [-0.4, -0.2) is 24.0 Å². The van der Waals surface area contributed by atoms with E-state index in [1.165, 1.54) is 53.1 Å². The van der Waals surface area contributed by atoms with Crippen LogP contribution < -0.4 is 45.0 Å². The molecule has 306 valence electrons. The number of nitro groups is 3. The van der Waals surface area contributed by atoms with Crippen molar-refractivity contribution in [2.75, 3.05) is 17.2 Å². The van der Waals surface area contributed by atoms with Gasteiger partial charge in [0, 0.05) is 0 Å². The Bertz CT molecular complexity index is 2400. The summed E-state index contributed by atoms with van der Waals surface area (Å²) in [4.78, 5) is 46.3. The van der Waals surface area contributed by atoms with E-state index < -0.39 is 30.8 Å². The Morgan fingerprint density at radius 2 is 0.800 bits per heavy atom. The van der Waals surface area contributed by atoms with E-state index >= 15 is 0 Å². The fraction of sp³-hybridized carbons (Fsp3) is 0. The summed E-state index contributed by atoms with van der Waals surface area (Å²) >= 11 is 0. The van der Waals surface area contributed by atoms with Crippen molar-refractivity contribution < 1.29 is 42.5 Å². The molecule has 0 aliphatic carbocycles. The number of nitrogens with two attached hydrogens (primary N) is 3. The Labute approximate surface area is 341 Å². The van der Waals surface area contributed by atoms with Crippen LogP contribution in [0.2, 0.25) is 0 Å². The molecular formula is C36H30N9O12P3. The molecule has 1 atom stereocenters. The number of nitrogens with zero attached hydrogens (tertiary/aromatic N) is 6. The number of hydrogen-bond donors (Lipinski definition) is 3. The fourth-order valence-corrected chi connectivity index (χ4v) is 12.8. The van der Waals surface area contributed by atoms with Crippen molar-refractivity contribution in [3.8, 4) is 34.5 Å². The van der Waals surface area contributed by atoms with Gasteiger partial charge in [-0.2, -0.15) is 0 Å². The summed E-state index contributed by atoms with van der Waals surface area (Å²) in [7, 11) is -8.71. The minimum absolute atomic E-state index is 0.0969. The molecule has 0 saturated heterocycles. The van der Waals surface area contributed by atoms with E-state index in [9.17, 15) is 30.3 Å². The second kappa shape index (κ2) is 16.8. The van der Waals surface area contributed by atoms with Crippen molar-refractivity contribution in [3.63, 3.8) is 0 Å². The third-order valence-electron chi connectivity index (χ3n) is 7.97. The molecule has 0 bridgehead atoms. The van der Waals surface area contributed by atoms with Crippen LogP contribution in [-0.2, 0) is 0 Å². The summed E-state index contributed by atoms with van der Waals surface area (Å²) < 4.78 is 34.5. The summed E-state index contributed by atoms with van der Waals surface area (Å²) in [5, 5.41) is 35.1. The van der Waals surface area contributed by atoms with Crippen LogP contribution in [0.1, 0.15) is 0 Å². The van der Waals surface area contributed by atoms with Gasteiger partial charge in [0.1, 0.15) is 0 Å². The molecule has 1 aliphatic heterocycles. The SMILES string of the molecule is Nc1ccc(ON2P=NP(Oc3ccc([N+](=O)[O-])cc3)(Oc3ccc([N+](=O)[O-])cc3)(Oc3ccc([N+](=O)[O-])cc3)N(Oc3ccc(N)cc3)P2Oc2ccc(N)cc2)cc1. The van der Waals surface area contributed by atoms with Gasteiger partial charge < -0.3 is 0 Å². The summed E-state index contributed by atoms with van der Waals surface area (Å²) in [6.07, 6.45) is 0. The van der Waals surface area contributed by atoms with Crippen LogP contribution in [0.4, 0.5) is 34.1 Å². The zero-order valence-electron chi connectivity index (χ0n) is 30.5. The van der Waals surface area contributed by atoms with Gasteiger partial charge in [0.15, 0.2) is 0 Å². The Balaban J connectivity index is 1.53. The number of nitrogen functional groups attached to an aromatic ring is 3. The predicted molar refractivity (Wildman–Crippen MR) is 222 cm³/mol. The summed E-state index contributed by atoms with van der Waals surface area (Å²) in [5.41, 5.74) is 18.4. The molecule has 7 rings (SSSR count). The summed E-state index contributed by atoms with van der Waals surface area (Å²) in [6.45, 7) is 0. The molecule has 0 spiro atoms. The monoisotopic (exact) mass is 873 g/mol. The average molecular weight is 874 g/mol. The summed E-state index contributed by atoms with van der Waals surface area (Å²) in [6, 6.07) is 33.4. The first kappa shape index (κ1) is 40.8. The molecule has 0 fully saturated rings. The zero-order chi connectivity index (χ0) is 42.5. The van der Waals surface area contributed by atoms with Gasteiger partial charge in [-0.25, -0.2) is 0 Å². The van der Waals surface area contributed by atoms with Gasteiger partial charge in [-0.3, -0.25) is 0 Å². The van der Waals surface area contributed by atoms with Crippen LogP contribution in [0.3, 0.4) is 0 Å². The topological polar surface area (TPSA) is 282 Å². The van der Waals surface area contributed by atoms with E-state index in [0.29, 0.717) is 17.1 Å². The first-order chi connectivity index (χ1) is 28.8. The van der Waals surface area contributed by atoms with Crippen LogP contribution >= 0.6 is 24.6 Å². The molecule has 0 aromatic heterocycles. The van der Waals surface area contributed by atoms with E-state index in [4.69, 9.17) is 49.5 Å². The van der Waals surface area contributed by atoms with Gasteiger partial charge in [-0.1, -0.05) is 0 Å². The fourth-order valence-electron chi connectivity index (χ4n) is 5.10. The van der Waals surface area contributed by atoms with Gasteiger partial charge >= 0.3 is 343 Å². The van der Waals surface area contributed by atoms with Crippen molar-refractivity contribution in [1.29, 1.82) is 0 Å². The maximum atomic E-state index is 11.7. The van der Waals surface area contributed by atoms with E-state index in [1.54, 1.807) is 60.7 Å². The molecule has 0 saturated carbocycles. The third-order valence-corrected chi connectivity index (χ3v) is 15.1. The van der Waals surface area contributed by atoms with Gasteiger partial charge in [-0.15, -0.1) is 0 Å². The molecule has 6 N–H and O–H groups in total. The molecule has 60 heavy (non-hydrogen) atoms. The Morgan fingerprint density at radius 3 is 1.15 bits per heavy atom. The second-order valence-electron chi connectivity index (χ2n) is 12.2. The molecular weight excluding hydrogens is 843 g/mol. The van der Waals surface area contributed by atoms with Gasteiger partial charge in [0.2, 0.25) is 0 Å². The average Bonchev–Trinajstić information content (AvgIpc) is 3.23. The molecule has 1 unspecified atom stereocenters. The van der Waals surface area contributed by atoms with Gasteiger partial charge in [0.25, 0.3) is 0 Å². The van der Waals surface area contributed by atoms with Crippen LogP contribution in [0.15, 0.2) is 150 Å². The van der Waals surface area contributed by atoms with E-state index in [-0.39, 0.29) is 60.1 Å². The van der Waals surface area contributed by atoms with Crippen molar-refractivity contribution in [1.82, 2.24) is 9.21 Å². The van der Waals surface area contributed by atoms with Gasteiger partial charge in [-0.05, 0) is 0 Å². The quantitative estimate of drug-likeness (QED) is 0.0374. The Morgan fingerprint density at radius 1 is 0.483 bits per heavy atom. The van der Waals surface area contributed by atoms with Crippen LogP contribution in [0, 0.1) is 30.3 Å². The van der Waals surface area contributed by atoms with E-state index in [2.05, 4.69) is 0 Å². The number of non-ortho nitro benzene ring substituents is 3. The maximum absolute atomic E-state index is 11.7. The first-order valence-electron chi connectivity index (χ1n) is 17.1. The molecule has 21 nitrogen and oxygen atoms in total. The minimum atomic E-state index is -5.94. The van der Waals surface area contributed by atoms with Crippen molar-refractivity contribution in [3.05, 3.63) is 176 Å². The first-order valence-corrected chi connectivity index (χ1v) is 20.9. The molecule has 1 heterocycles. The molecule has 1 aliphatic rings. The standard InChI is InChI=1S/C36H30N9O12P3/c37-25-1-13-31(14-2-25)52-44-58-40-60(55-34-19-7-28(8-20-34)41(46)47,56-35-21-9-29(10-22-35)42(48)49,57-36-23-11-30(12-24-36)43(50)51)45(53-32-15-3-26(38)4-16-32)59(44)54-33-17-5-27(39)6-18-33/h1-24H,37-39H2. The normalized spacial score (nSPS) is 16.5. The van der Waals surface area contributed by atoms with Crippen LogP contribution in [0.25, 0.3) is 0 Å². The van der Waals surface area contributed by atoms with E-state index in [1.807, 2.05) is 0 Å². The van der Waals surface area contributed by atoms with Crippen molar-refractivity contribution >= 4 is 58.7 Å². The number of benzene rings is 6.